The van der Waals surface area contributed by atoms with Crippen molar-refractivity contribution in [1.29, 1.82) is 0 Å². The molecule has 0 saturated carbocycles. The average Bonchev–Trinajstić information content (AvgIpc) is 2.87. The second-order valence-electron chi connectivity index (χ2n) is 8.58. The van der Waals surface area contributed by atoms with Gasteiger partial charge in [0.15, 0.2) is 23.0 Å². The number of benzene rings is 2. The van der Waals surface area contributed by atoms with E-state index in [4.69, 9.17) is 19.3 Å². The molecule has 1 aliphatic carbocycles. The van der Waals surface area contributed by atoms with E-state index in [2.05, 4.69) is 41.8 Å². The highest BCUT2D eigenvalue weighted by Gasteiger charge is 2.34. The second kappa shape index (κ2) is 11.2. The van der Waals surface area contributed by atoms with E-state index in [1.165, 1.54) is 17.5 Å². The van der Waals surface area contributed by atoms with Crippen LogP contribution in [0.15, 0.2) is 47.4 Å². The molecular formula is C27H33NO5S. The summed E-state index contributed by atoms with van der Waals surface area (Å²) < 4.78 is 16.4. The molecule has 2 aliphatic heterocycles. The smallest absolute Gasteiger partial charge is 0.162 e. The van der Waals surface area contributed by atoms with E-state index in [9.17, 15) is 5.11 Å². The van der Waals surface area contributed by atoms with Crippen molar-refractivity contribution in [2.45, 2.75) is 38.3 Å². The van der Waals surface area contributed by atoms with Crippen LogP contribution >= 0.6 is 12.6 Å². The van der Waals surface area contributed by atoms with Gasteiger partial charge < -0.3 is 24.4 Å². The number of hydrogen-bond donors (Lipinski definition) is 3. The lowest BCUT2D eigenvalue weighted by atomic mass is 9.83. The van der Waals surface area contributed by atoms with Gasteiger partial charge in [0.25, 0.3) is 0 Å². The van der Waals surface area contributed by atoms with Crippen LogP contribution in [-0.2, 0) is 19.4 Å². The molecule has 1 unspecified atom stereocenters. The first-order chi connectivity index (χ1) is 16.5. The van der Waals surface area contributed by atoms with Crippen LogP contribution in [-0.4, -0.2) is 49.1 Å². The molecule has 0 bridgehead atoms. The van der Waals surface area contributed by atoms with Gasteiger partial charge >= 0.3 is 0 Å². The van der Waals surface area contributed by atoms with Gasteiger partial charge in [-0.3, -0.25) is 4.90 Å². The summed E-state index contributed by atoms with van der Waals surface area (Å²) in [6.45, 7) is 1.82. The van der Waals surface area contributed by atoms with E-state index in [1.807, 2.05) is 18.2 Å². The van der Waals surface area contributed by atoms with Crippen LogP contribution in [0.2, 0.25) is 0 Å². The van der Waals surface area contributed by atoms with Crippen molar-refractivity contribution in [2.24, 2.45) is 0 Å². The number of fused-ring (bicyclic) bond motifs is 4. The highest BCUT2D eigenvalue weighted by Crippen LogP contribution is 2.45. The van der Waals surface area contributed by atoms with Gasteiger partial charge in [-0.1, -0.05) is 24.3 Å². The Bertz CT molecular complexity index is 1080. The Kier molecular flexibility index (Phi) is 8.08. The van der Waals surface area contributed by atoms with Crippen LogP contribution in [0.3, 0.4) is 0 Å². The Morgan fingerprint density at radius 1 is 1.06 bits per heavy atom. The van der Waals surface area contributed by atoms with Crippen molar-refractivity contribution < 1.29 is 24.4 Å². The van der Waals surface area contributed by atoms with Crippen molar-refractivity contribution >= 4 is 12.6 Å². The lowest BCUT2D eigenvalue weighted by Crippen LogP contribution is -2.39. The minimum absolute atomic E-state index is 0.0374. The van der Waals surface area contributed by atoms with Gasteiger partial charge in [0.2, 0.25) is 0 Å². The van der Waals surface area contributed by atoms with Crippen LogP contribution < -0.4 is 14.2 Å². The minimum atomic E-state index is -0.0374. The number of aliphatic hydroxyl groups is 1. The van der Waals surface area contributed by atoms with E-state index >= 15 is 0 Å². The molecule has 7 heteroatoms. The Morgan fingerprint density at radius 2 is 1.88 bits per heavy atom. The van der Waals surface area contributed by atoms with E-state index in [0.717, 1.165) is 41.8 Å². The zero-order valence-corrected chi connectivity index (χ0v) is 20.7. The fraction of sp³-hybridized carbons (Fsp3) is 0.407. The molecule has 2 N–H and O–H groups in total. The number of methoxy groups -OCH3 is 2. The summed E-state index contributed by atoms with van der Waals surface area (Å²) in [4.78, 5) is 3.50. The van der Waals surface area contributed by atoms with Crippen molar-refractivity contribution in [3.05, 3.63) is 69.7 Å². The first-order valence-electron chi connectivity index (χ1n) is 11.7. The molecule has 1 atom stereocenters. The second-order valence-corrected chi connectivity index (χ2v) is 9.09. The van der Waals surface area contributed by atoms with Crippen LogP contribution in [0, 0.1) is 0 Å². The fourth-order valence-corrected chi connectivity index (χ4v) is 5.05. The quantitative estimate of drug-likeness (QED) is 0.541. The van der Waals surface area contributed by atoms with E-state index in [-0.39, 0.29) is 25.0 Å². The fourth-order valence-electron chi connectivity index (χ4n) is 4.82. The Balaban J connectivity index is 0.000000336. The highest BCUT2D eigenvalue weighted by molar-refractivity contribution is 7.84. The van der Waals surface area contributed by atoms with Gasteiger partial charge in [-0.05, 0) is 65.5 Å². The summed E-state index contributed by atoms with van der Waals surface area (Å²) >= 11 is 4.14. The molecule has 0 radical (unpaired) electrons. The third-order valence-electron chi connectivity index (χ3n) is 6.56. The van der Waals surface area contributed by atoms with Gasteiger partial charge in [0.1, 0.15) is 6.61 Å². The Morgan fingerprint density at radius 3 is 2.53 bits per heavy atom. The number of aliphatic hydroxyl groups excluding tert-OH is 1. The van der Waals surface area contributed by atoms with Gasteiger partial charge in [-0.25, -0.2) is 0 Å². The highest BCUT2D eigenvalue weighted by atomic mass is 32.1. The minimum Gasteiger partial charge on any atom is -0.504 e. The van der Waals surface area contributed by atoms with E-state index in [0.29, 0.717) is 23.8 Å². The molecule has 6 nitrogen and oxygen atoms in total. The number of aromatic hydroxyl groups is 1. The molecule has 0 spiro atoms. The molecule has 0 amide bonds. The van der Waals surface area contributed by atoms with Crippen molar-refractivity contribution in [3.63, 3.8) is 0 Å². The lowest BCUT2D eigenvalue weighted by Gasteiger charge is -2.42. The number of hydrogen-bond acceptors (Lipinski definition) is 7. The normalized spacial score (nSPS) is 18.5. The van der Waals surface area contributed by atoms with Crippen LogP contribution in [0.1, 0.15) is 41.1 Å². The van der Waals surface area contributed by atoms with E-state index < -0.39 is 0 Å². The first kappa shape index (κ1) is 24.5. The molecule has 2 aromatic rings. The topological polar surface area (TPSA) is 71.4 Å². The largest absolute Gasteiger partial charge is 0.504 e. The molecule has 182 valence electrons. The van der Waals surface area contributed by atoms with Crippen molar-refractivity contribution in [3.8, 4) is 23.0 Å². The third-order valence-corrected chi connectivity index (χ3v) is 6.89. The Hall–Kier alpha value is -2.61. The monoisotopic (exact) mass is 483 g/mol. The van der Waals surface area contributed by atoms with Crippen LogP contribution in [0.4, 0.5) is 0 Å². The number of thiol groups is 1. The van der Waals surface area contributed by atoms with Crippen molar-refractivity contribution in [1.82, 2.24) is 4.90 Å². The number of ether oxygens (including phenoxy) is 3. The first-order valence-corrected chi connectivity index (χ1v) is 12.1. The standard InChI is InChI=1S/C21H25NO5.C6H8S/c1-25-18-4-3-13-9-17-15-11-20(27-8-7-23)19(26-2)10-14(15)5-6-22(17)12-16(13)21(18)24;7-6-4-2-1-3-5-6/h3-4,10-11,17,23-24H,5-9,12H2,1-2H3;2,4-5,7H,1,3H2. The van der Waals surface area contributed by atoms with E-state index in [1.54, 1.807) is 14.2 Å². The number of allylic oxidation sites excluding steroid dienone is 3. The summed E-state index contributed by atoms with van der Waals surface area (Å²) in [5, 5.41) is 19.6. The lowest BCUT2D eigenvalue weighted by molar-refractivity contribution is 0.156. The maximum absolute atomic E-state index is 10.5. The van der Waals surface area contributed by atoms with Gasteiger partial charge in [-0.2, -0.15) is 0 Å². The number of nitrogens with zero attached hydrogens (tertiary/aromatic N) is 1. The SMILES string of the molecule is COc1cc2c(cc1OCCO)C1Cc3ccc(OC)c(O)c3CN1CC2.SC1=CCCC=C1. The van der Waals surface area contributed by atoms with Crippen molar-refractivity contribution in [2.75, 3.05) is 34.0 Å². The van der Waals surface area contributed by atoms with Gasteiger partial charge in [0.05, 0.1) is 20.8 Å². The predicted molar refractivity (Wildman–Crippen MR) is 136 cm³/mol. The molecule has 0 saturated heterocycles. The zero-order valence-electron chi connectivity index (χ0n) is 19.8. The zero-order chi connectivity index (χ0) is 24.1. The number of phenolic OH excluding ortho intramolecular Hbond substituents is 1. The molecule has 0 fully saturated rings. The number of rotatable bonds is 5. The average molecular weight is 484 g/mol. The summed E-state index contributed by atoms with van der Waals surface area (Å²) in [6, 6.07) is 8.22. The Labute approximate surface area is 206 Å². The molecule has 0 aromatic heterocycles. The summed E-state index contributed by atoms with van der Waals surface area (Å²) in [5.41, 5.74) is 4.61. The third kappa shape index (κ3) is 5.22. The summed E-state index contributed by atoms with van der Waals surface area (Å²) in [6.07, 6.45) is 10.4. The van der Waals surface area contributed by atoms with Crippen LogP contribution in [0.5, 0.6) is 23.0 Å². The van der Waals surface area contributed by atoms with Gasteiger partial charge in [-0.15, -0.1) is 12.6 Å². The maximum atomic E-state index is 10.5. The summed E-state index contributed by atoms with van der Waals surface area (Å²) in [5.74, 6) is 2.14. The molecular weight excluding hydrogens is 450 g/mol. The molecule has 5 rings (SSSR count). The molecule has 3 aliphatic rings. The van der Waals surface area contributed by atoms with Crippen LogP contribution in [0.25, 0.3) is 0 Å². The summed E-state index contributed by atoms with van der Waals surface area (Å²) in [7, 11) is 3.21. The maximum Gasteiger partial charge on any atom is 0.162 e. The molecule has 2 aromatic carbocycles. The molecule has 34 heavy (non-hydrogen) atoms. The van der Waals surface area contributed by atoms with Gasteiger partial charge in [0, 0.05) is 24.7 Å². The number of phenols is 1. The molecule has 2 heterocycles. The predicted octanol–water partition coefficient (Wildman–Crippen LogP) is 4.59.